The molecular weight excluding hydrogens is 458 g/mol. The Balaban J connectivity index is 1.86. The number of hydrogen-bond acceptors (Lipinski definition) is 6. The van der Waals surface area contributed by atoms with Crippen LogP contribution in [-0.2, 0) is 10.0 Å². The van der Waals surface area contributed by atoms with Crippen molar-refractivity contribution in [2.24, 2.45) is 5.92 Å². The summed E-state index contributed by atoms with van der Waals surface area (Å²) in [5.74, 6) is -0.865. The van der Waals surface area contributed by atoms with E-state index in [0.717, 1.165) is 17.7 Å². The van der Waals surface area contributed by atoms with Crippen LogP contribution in [0.15, 0.2) is 89.8 Å². The zero-order chi connectivity index (χ0) is 24.5. The highest BCUT2D eigenvalue weighted by Crippen LogP contribution is 2.46. The van der Waals surface area contributed by atoms with Crippen LogP contribution < -0.4 is 0 Å². The largest absolute Gasteiger partial charge is 0.269 e. The second-order valence-corrected chi connectivity index (χ2v) is 10.3. The minimum atomic E-state index is -4.20. The SMILES string of the molecule is C[C@H]1CN(S(=O)(=O)c2ccc([N+](=O)[O-])cc2)[C@H](c2ccccc2)[C@@H]([N+](=O)[O-])[C@@H]1c1ccccc1. The van der Waals surface area contributed by atoms with Crippen molar-refractivity contribution in [3.05, 3.63) is 116 Å². The predicted octanol–water partition coefficient (Wildman–Crippen LogP) is 4.41. The van der Waals surface area contributed by atoms with Gasteiger partial charge in [-0.3, -0.25) is 20.2 Å². The van der Waals surface area contributed by atoms with Gasteiger partial charge in [0.2, 0.25) is 16.1 Å². The molecular formula is C24H23N3O6S. The third-order valence-corrected chi connectivity index (χ3v) is 8.17. The summed E-state index contributed by atoms with van der Waals surface area (Å²) in [7, 11) is -4.20. The van der Waals surface area contributed by atoms with Crippen LogP contribution in [0.3, 0.4) is 0 Å². The highest BCUT2D eigenvalue weighted by molar-refractivity contribution is 7.89. The Morgan fingerprint density at radius 3 is 1.85 bits per heavy atom. The maximum absolute atomic E-state index is 13.7. The first-order valence-corrected chi connectivity index (χ1v) is 12.2. The number of nitrogens with zero attached hydrogens (tertiary/aromatic N) is 3. The van der Waals surface area contributed by atoms with E-state index in [4.69, 9.17) is 0 Å². The number of hydrogen-bond donors (Lipinski definition) is 0. The van der Waals surface area contributed by atoms with Gasteiger partial charge in [0.15, 0.2) is 0 Å². The second-order valence-electron chi connectivity index (χ2n) is 8.37. The normalized spacial score (nSPS) is 23.3. The van der Waals surface area contributed by atoms with Crippen molar-refractivity contribution in [3.8, 4) is 0 Å². The molecule has 0 amide bonds. The van der Waals surface area contributed by atoms with E-state index in [1.807, 2.05) is 37.3 Å². The fourth-order valence-electron chi connectivity index (χ4n) is 4.80. The molecule has 1 aliphatic rings. The van der Waals surface area contributed by atoms with Gasteiger partial charge >= 0.3 is 0 Å². The molecule has 0 aromatic heterocycles. The number of piperidine rings is 1. The van der Waals surface area contributed by atoms with Crippen LogP contribution in [0.5, 0.6) is 0 Å². The lowest BCUT2D eigenvalue weighted by Crippen LogP contribution is -2.54. The standard InChI is InChI=1S/C24H23N3O6S/c1-17-16-25(34(32,33)21-14-12-20(13-15-21)26(28)29)23(19-10-6-3-7-11-19)24(27(30)31)22(17)18-8-4-2-5-9-18/h2-15,17,22-24H,16H2,1H3/t17-,22-,23+,24-/m0/s1. The molecule has 0 N–H and O–H groups in total. The monoisotopic (exact) mass is 481 g/mol. The van der Waals surface area contributed by atoms with Crippen LogP contribution in [0.2, 0.25) is 0 Å². The van der Waals surface area contributed by atoms with Gasteiger partial charge in [-0.1, -0.05) is 67.6 Å². The molecule has 0 radical (unpaired) electrons. The molecule has 1 heterocycles. The first-order chi connectivity index (χ1) is 16.2. The molecule has 34 heavy (non-hydrogen) atoms. The van der Waals surface area contributed by atoms with Crippen molar-refractivity contribution in [2.45, 2.75) is 29.8 Å². The lowest BCUT2D eigenvalue weighted by atomic mass is 9.74. The molecule has 0 aliphatic carbocycles. The zero-order valence-electron chi connectivity index (χ0n) is 18.3. The van der Waals surface area contributed by atoms with Crippen molar-refractivity contribution >= 4 is 15.7 Å². The summed E-state index contributed by atoms with van der Waals surface area (Å²) in [6, 6.07) is 20.0. The predicted molar refractivity (Wildman–Crippen MR) is 125 cm³/mol. The van der Waals surface area contributed by atoms with Crippen LogP contribution in [-0.4, -0.2) is 35.2 Å². The molecule has 0 bridgehead atoms. The van der Waals surface area contributed by atoms with Crippen molar-refractivity contribution in [3.63, 3.8) is 0 Å². The minimum Gasteiger partial charge on any atom is -0.264 e. The molecule has 0 saturated carbocycles. The molecule has 4 rings (SSSR count). The zero-order valence-corrected chi connectivity index (χ0v) is 19.1. The van der Waals surface area contributed by atoms with Gasteiger partial charge in [-0.15, -0.1) is 0 Å². The second kappa shape index (κ2) is 9.32. The van der Waals surface area contributed by atoms with Crippen molar-refractivity contribution in [1.29, 1.82) is 0 Å². The average molecular weight is 482 g/mol. The molecule has 3 aromatic carbocycles. The topological polar surface area (TPSA) is 124 Å². The van der Waals surface area contributed by atoms with E-state index in [9.17, 15) is 28.6 Å². The molecule has 4 atom stereocenters. The Hall–Kier alpha value is -3.63. The summed E-state index contributed by atoms with van der Waals surface area (Å²) >= 11 is 0. The summed E-state index contributed by atoms with van der Waals surface area (Å²) in [5, 5.41) is 23.5. The van der Waals surface area contributed by atoms with E-state index in [0.29, 0.717) is 5.56 Å². The quantitative estimate of drug-likeness (QED) is 0.380. The fourth-order valence-corrected chi connectivity index (χ4v) is 6.53. The van der Waals surface area contributed by atoms with Gasteiger partial charge in [0.25, 0.3) is 5.69 Å². The van der Waals surface area contributed by atoms with E-state index in [1.54, 1.807) is 30.3 Å². The van der Waals surface area contributed by atoms with Crippen molar-refractivity contribution < 1.29 is 18.3 Å². The van der Waals surface area contributed by atoms with Gasteiger partial charge in [-0.25, -0.2) is 8.42 Å². The number of rotatable bonds is 6. The summed E-state index contributed by atoms with van der Waals surface area (Å²) in [5.41, 5.74) is 1.06. The van der Waals surface area contributed by atoms with Gasteiger partial charge in [0.05, 0.1) is 15.7 Å². The van der Waals surface area contributed by atoms with E-state index in [2.05, 4.69) is 0 Å². The Morgan fingerprint density at radius 2 is 1.35 bits per heavy atom. The van der Waals surface area contributed by atoms with Gasteiger partial charge in [-0.05, 0) is 29.2 Å². The Labute approximate surface area is 197 Å². The molecule has 176 valence electrons. The molecule has 0 spiro atoms. The highest BCUT2D eigenvalue weighted by Gasteiger charge is 2.54. The van der Waals surface area contributed by atoms with Gasteiger partial charge in [-0.2, -0.15) is 4.31 Å². The number of non-ortho nitro benzene ring substituents is 1. The molecule has 1 saturated heterocycles. The number of nitro groups is 2. The van der Waals surface area contributed by atoms with Gasteiger partial charge in [0.1, 0.15) is 6.04 Å². The first-order valence-electron chi connectivity index (χ1n) is 10.7. The van der Waals surface area contributed by atoms with Crippen LogP contribution in [0.1, 0.15) is 30.0 Å². The molecule has 3 aromatic rings. The first kappa shape index (κ1) is 23.5. The average Bonchev–Trinajstić information content (AvgIpc) is 2.84. The molecule has 0 unspecified atom stereocenters. The highest BCUT2D eigenvalue weighted by atomic mass is 32.2. The van der Waals surface area contributed by atoms with Crippen molar-refractivity contribution in [1.82, 2.24) is 4.31 Å². The fraction of sp³-hybridized carbons (Fsp3) is 0.250. The lowest BCUT2D eigenvalue weighted by Gasteiger charge is -2.43. The molecule has 9 nitrogen and oxygen atoms in total. The Morgan fingerprint density at radius 1 is 0.824 bits per heavy atom. The van der Waals surface area contributed by atoms with E-state index in [1.165, 1.54) is 16.4 Å². The van der Waals surface area contributed by atoms with Crippen LogP contribution in [0.25, 0.3) is 0 Å². The maximum Gasteiger partial charge on any atom is 0.269 e. The molecule has 10 heteroatoms. The van der Waals surface area contributed by atoms with Crippen LogP contribution >= 0.6 is 0 Å². The van der Waals surface area contributed by atoms with Crippen LogP contribution in [0.4, 0.5) is 5.69 Å². The Bertz CT molecular complexity index is 1280. The smallest absolute Gasteiger partial charge is 0.264 e. The molecule has 1 aliphatic heterocycles. The number of benzene rings is 3. The summed E-state index contributed by atoms with van der Waals surface area (Å²) in [4.78, 5) is 22.4. The van der Waals surface area contributed by atoms with Crippen LogP contribution in [0, 0.1) is 26.1 Å². The minimum absolute atomic E-state index is 0.0583. The number of nitro benzene ring substituents is 1. The van der Waals surface area contributed by atoms with Gasteiger partial charge in [0, 0.05) is 23.6 Å². The Kier molecular flexibility index (Phi) is 6.45. The summed E-state index contributed by atoms with van der Waals surface area (Å²) < 4.78 is 28.7. The summed E-state index contributed by atoms with van der Waals surface area (Å²) in [6.07, 6.45) is 0. The van der Waals surface area contributed by atoms with E-state index in [-0.39, 0.29) is 28.0 Å². The third-order valence-electron chi connectivity index (χ3n) is 6.31. The van der Waals surface area contributed by atoms with Crippen molar-refractivity contribution in [2.75, 3.05) is 6.54 Å². The van der Waals surface area contributed by atoms with E-state index >= 15 is 0 Å². The number of sulfonamides is 1. The maximum atomic E-state index is 13.7. The summed E-state index contributed by atoms with van der Waals surface area (Å²) in [6.45, 7) is 1.87. The third kappa shape index (κ3) is 4.29. The lowest BCUT2D eigenvalue weighted by molar-refractivity contribution is -0.539. The molecule has 1 fully saturated rings. The van der Waals surface area contributed by atoms with E-state index < -0.39 is 32.9 Å². The van der Waals surface area contributed by atoms with Gasteiger partial charge < -0.3 is 0 Å².